The lowest BCUT2D eigenvalue weighted by Crippen LogP contribution is -1.84. The fraction of sp³-hybridized carbons (Fsp3) is 1.00. The van der Waals surface area contributed by atoms with E-state index in [9.17, 15) is 4.21 Å². The maximum absolute atomic E-state index is 9.26. The summed E-state index contributed by atoms with van der Waals surface area (Å²) in [4.78, 5) is 0. The summed E-state index contributed by atoms with van der Waals surface area (Å²) in [6.45, 7) is 0. The molecule has 0 saturated heterocycles. The molecule has 32 valence electrons. The van der Waals surface area contributed by atoms with Crippen LogP contribution in [0.4, 0.5) is 0 Å². The van der Waals surface area contributed by atoms with Crippen LogP contribution in [0.3, 0.4) is 0 Å². The summed E-state index contributed by atoms with van der Waals surface area (Å²) in [6, 6.07) is 0. The van der Waals surface area contributed by atoms with Crippen molar-refractivity contribution in [3.8, 4) is 0 Å². The van der Waals surface area contributed by atoms with Crippen LogP contribution in [0.2, 0.25) is 0 Å². The molecular weight excluding hydrogens is 92.1 g/mol. The van der Waals surface area contributed by atoms with E-state index in [2.05, 4.69) is 4.18 Å². The highest BCUT2D eigenvalue weighted by atomic mass is 32.2. The van der Waals surface area contributed by atoms with Crippen molar-refractivity contribution in [2.45, 2.75) is 0 Å². The zero-order chi connectivity index (χ0) is 4.28. The molecule has 0 aliphatic carbocycles. The van der Waals surface area contributed by atoms with Crippen molar-refractivity contribution in [2.75, 3.05) is 7.11 Å². The summed E-state index contributed by atoms with van der Waals surface area (Å²) < 4.78 is 20.6. The maximum Gasteiger partial charge on any atom is 0.301 e. The minimum atomic E-state index is -2.07. The van der Waals surface area contributed by atoms with E-state index in [0.29, 0.717) is 0 Å². The van der Waals surface area contributed by atoms with Crippen LogP contribution in [0.5, 0.6) is 0 Å². The zero-order valence-corrected chi connectivity index (χ0v) is 3.49. The second kappa shape index (κ2) is 2.32. The van der Waals surface area contributed by atoms with E-state index in [-0.39, 0.29) is 0 Å². The molecule has 4 heteroatoms. The SMILES string of the molecule is COS(=O)O. The van der Waals surface area contributed by atoms with Gasteiger partial charge in [0.1, 0.15) is 0 Å². The van der Waals surface area contributed by atoms with Crippen molar-refractivity contribution < 1.29 is 12.9 Å². The normalized spacial score (nSPS) is 14.8. The lowest BCUT2D eigenvalue weighted by atomic mass is 11.8. The van der Waals surface area contributed by atoms with Crippen LogP contribution in [0.1, 0.15) is 0 Å². The Morgan fingerprint density at radius 1 is 2.00 bits per heavy atom. The van der Waals surface area contributed by atoms with Gasteiger partial charge in [0.15, 0.2) is 0 Å². The number of hydrogen-bond acceptors (Lipinski definition) is 2. The molecule has 0 aromatic heterocycles. The van der Waals surface area contributed by atoms with E-state index in [0.717, 1.165) is 7.11 Å². The first-order valence-corrected chi connectivity index (χ1v) is 1.96. The predicted molar refractivity (Wildman–Crippen MR) is 17.8 cm³/mol. The van der Waals surface area contributed by atoms with E-state index >= 15 is 0 Å². The van der Waals surface area contributed by atoms with Crippen molar-refractivity contribution >= 4 is 11.4 Å². The summed E-state index contributed by atoms with van der Waals surface area (Å²) in [7, 11) is 1.15. The zero-order valence-electron chi connectivity index (χ0n) is 2.67. The average Bonchev–Trinajstić information content (AvgIpc) is 1.38. The Balaban J connectivity index is 2.85. The second-order valence-corrected chi connectivity index (χ2v) is 1.15. The first-order valence-electron chi connectivity index (χ1n) is 0.924. The van der Waals surface area contributed by atoms with Gasteiger partial charge in [-0.2, -0.15) is 4.21 Å². The van der Waals surface area contributed by atoms with Gasteiger partial charge in [0.2, 0.25) is 0 Å². The molecule has 3 nitrogen and oxygen atoms in total. The molecule has 0 aromatic carbocycles. The van der Waals surface area contributed by atoms with E-state index in [1.165, 1.54) is 0 Å². The van der Waals surface area contributed by atoms with Crippen LogP contribution < -0.4 is 0 Å². The highest BCUT2D eigenvalue weighted by Gasteiger charge is 1.75. The van der Waals surface area contributed by atoms with Crippen LogP contribution in [0, 0.1) is 0 Å². The van der Waals surface area contributed by atoms with Gasteiger partial charge in [-0.15, -0.1) is 0 Å². The third kappa shape index (κ3) is 4.07. The molecule has 0 heterocycles. The quantitative estimate of drug-likeness (QED) is 0.458. The molecule has 0 aliphatic heterocycles. The molecule has 0 fully saturated rings. The van der Waals surface area contributed by atoms with Gasteiger partial charge in [0, 0.05) is 0 Å². The largest absolute Gasteiger partial charge is 0.301 e. The molecule has 0 saturated carbocycles. The van der Waals surface area contributed by atoms with Crippen molar-refractivity contribution in [3.05, 3.63) is 0 Å². The van der Waals surface area contributed by atoms with Gasteiger partial charge in [-0.25, -0.2) is 0 Å². The molecule has 5 heavy (non-hydrogen) atoms. The molecule has 0 rings (SSSR count). The molecule has 0 radical (unpaired) electrons. The minimum absolute atomic E-state index is 1.15. The lowest BCUT2D eigenvalue weighted by Gasteiger charge is -1.76. The second-order valence-electron chi connectivity index (χ2n) is 0.384. The van der Waals surface area contributed by atoms with E-state index in [1.807, 2.05) is 0 Å². The van der Waals surface area contributed by atoms with Gasteiger partial charge >= 0.3 is 11.4 Å². The molecule has 0 spiro atoms. The summed E-state index contributed by atoms with van der Waals surface area (Å²) in [5.74, 6) is 0. The van der Waals surface area contributed by atoms with Crippen molar-refractivity contribution in [3.63, 3.8) is 0 Å². The van der Waals surface area contributed by atoms with Gasteiger partial charge < -0.3 is 0 Å². The molecule has 0 amide bonds. The number of hydrogen-bond donors (Lipinski definition) is 1. The van der Waals surface area contributed by atoms with Crippen molar-refractivity contribution in [1.82, 2.24) is 0 Å². The van der Waals surface area contributed by atoms with Crippen molar-refractivity contribution in [1.29, 1.82) is 0 Å². The van der Waals surface area contributed by atoms with Crippen LogP contribution in [0.25, 0.3) is 0 Å². The van der Waals surface area contributed by atoms with Gasteiger partial charge in [0.05, 0.1) is 7.11 Å². The molecule has 1 unspecified atom stereocenters. The smallest absolute Gasteiger partial charge is 0.284 e. The molecular formula is CH4O3S. The minimum Gasteiger partial charge on any atom is -0.284 e. The first-order chi connectivity index (χ1) is 2.27. The Kier molecular flexibility index (Phi) is 2.35. The third-order valence-electron chi connectivity index (χ3n) is 0.143. The maximum atomic E-state index is 9.26. The summed E-state index contributed by atoms with van der Waals surface area (Å²) >= 11 is -2.07. The molecule has 0 bridgehead atoms. The Hall–Kier alpha value is 0.0700. The fourth-order valence-electron chi connectivity index (χ4n) is 0. The van der Waals surface area contributed by atoms with Gasteiger partial charge in [0.25, 0.3) is 0 Å². The highest BCUT2D eigenvalue weighted by Crippen LogP contribution is 1.64. The Morgan fingerprint density at radius 2 is 2.20 bits per heavy atom. The topological polar surface area (TPSA) is 46.5 Å². The Bertz CT molecular complexity index is 42.2. The molecule has 0 aliphatic rings. The Morgan fingerprint density at radius 3 is 2.20 bits per heavy atom. The average molecular weight is 96.1 g/mol. The fourth-order valence-corrected chi connectivity index (χ4v) is 0. The molecule has 1 N–H and O–H groups in total. The van der Waals surface area contributed by atoms with Gasteiger partial charge in [-0.05, 0) is 0 Å². The lowest BCUT2D eigenvalue weighted by molar-refractivity contribution is 0.379. The molecule has 0 aromatic rings. The third-order valence-corrected chi connectivity index (χ3v) is 0.428. The predicted octanol–water partition coefficient (Wildman–Crippen LogP) is -0.230. The van der Waals surface area contributed by atoms with Crippen LogP contribution in [-0.2, 0) is 15.5 Å². The van der Waals surface area contributed by atoms with Gasteiger partial charge in [-0.1, -0.05) is 0 Å². The van der Waals surface area contributed by atoms with Crippen LogP contribution >= 0.6 is 0 Å². The van der Waals surface area contributed by atoms with E-state index in [4.69, 9.17) is 4.55 Å². The van der Waals surface area contributed by atoms with E-state index < -0.39 is 11.4 Å². The monoisotopic (exact) mass is 96.0 g/mol. The van der Waals surface area contributed by atoms with Crippen LogP contribution in [0.15, 0.2) is 0 Å². The van der Waals surface area contributed by atoms with E-state index in [1.54, 1.807) is 0 Å². The first kappa shape index (κ1) is 5.07. The highest BCUT2D eigenvalue weighted by molar-refractivity contribution is 7.74. The van der Waals surface area contributed by atoms with Gasteiger partial charge in [-0.3, -0.25) is 8.74 Å². The van der Waals surface area contributed by atoms with Crippen molar-refractivity contribution in [2.24, 2.45) is 0 Å². The standard InChI is InChI=1S/CH4O3S/c1-4-5(2)3/h1H3,(H,2,3). The summed E-state index contributed by atoms with van der Waals surface area (Å²) in [5.41, 5.74) is 0. The number of rotatable bonds is 1. The summed E-state index contributed by atoms with van der Waals surface area (Å²) in [5, 5.41) is 0. The molecule has 1 atom stereocenters. The Labute approximate surface area is 32.4 Å². The summed E-state index contributed by atoms with van der Waals surface area (Å²) in [6.07, 6.45) is 0. The van der Waals surface area contributed by atoms with Crippen LogP contribution in [-0.4, -0.2) is 15.9 Å².